The molecule has 9 nitrogen and oxygen atoms in total. The van der Waals surface area contributed by atoms with Gasteiger partial charge in [0.2, 0.25) is 5.91 Å². The first-order valence-electron chi connectivity index (χ1n) is 10.5. The molecule has 1 aliphatic rings. The van der Waals surface area contributed by atoms with Crippen LogP contribution in [-0.4, -0.2) is 67.7 Å². The fraction of sp³-hybridized carbons (Fsp3) is 0.500. The maximum Gasteiger partial charge on any atom is 0.356 e. The van der Waals surface area contributed by atoms with Crippen LogP contribution in [0.2, 0.25) is 0 Å². The van der Waals surface area contributed by atoms with E-state index in [2.05, 4.69) is 10.3 Å². The highest BCUT2D eigenvalue weighted by Crippen LogP contribution is 2.31. The van der Waals surface area contributed by atoms with Crippen LogP contribution in [0.25, 0.3) is 10.9 Å². The molecule has 1 fully saturated rings. The van der Waals surface area contributed by atoms with E-state index in [0.29, 0.717) is 54.9 Å². The largest absolute Gasteiger partial charge is 0.497 e. The second-order valence-corrected chi connectivity index (χ2v) is 7.36. The van der Waals surface area contributed by atoms with Crippen molar-refractivity contribution in [1.29, 1.82) is 0 Å². The van der Waals surface area contributed by atoms with Crippen molar-refractivity contribution in [3.05, 3.63) is 23.9 Å². The third kappa shape index (κ3) is 5.35. The van der Waals surface area contributed by atoms with Crippen LogP contribution >= 0.6 is 0 Å². The van der Waals surface area contributed by atoms with Gasteiger partial charge in [0.05, 0.1) is 38.5 Å². The summed E-state index contributed by atoms with van der Waals surface area (Å²) in [5.41, 5.74) is 1.26. The molecule has 168 valence electrons. The average molecular weight is 431 g/mol. The molecule has 31 heavy (non-hydrogen) atoms. The van der Waals surface area contributed by atoms with Crippen molar-refractivity contribution in [2.75, 3.05) is 45.3 Å². The van der Waals surface area contributed by atoms with E-state index >= 15 is 0 Å². The normalized spacial score (nSPS) is 14.9. The highest BCUT2D eigenvalue weighted by molar-refractivity contribution is 6.11. The number of aromatic amines is 1. The fourth-order valence-electron chi connectivity index (χ4n) is 3.75. The Morgan fingerprint density at radius 2 is 1.84 bits per heavy atom. The number of aromatic nitrogens is 1. The number of benzene rings is 1. The minimum atomic E-state index is -0.539. The van der Waals surface area contributed by atoms with Crippen molar-refractivity contribution in [3.63, 3.8) is 0 Å². The van der Waals surface area contributed by atoms with E-state index in [1.807, 2.05) is 4.90 Å². The number of carbonyl (C=O) groups is 3. The quantitative estimate of drug-likeness (QED) is 0.618. The van der Waals surface area contributed by atoms with Crippen LogP contribution in [0.4, 0.5) is 5.69 Å². The number of nitrogens with zero attached hydrogens (tertiary/aromatic N) is 1. The number of carbonyl (C=O) groups excluding carboxylic acids is 3. The van der Waals surface area contributed by atoms with Gasteiger partial charge in [-0.05, 0) is 58.0 Å². The molecule has 1 amide bonds. The third-order valence-electron chi connectivity index (χ3n) is 5.32. The molecule has 0 spiro atoms. The Bertz CT molecular complexity index is 946. The molecule has 2 N–H and O–H groups in total. The van der Waals surface area contributed by atoms with Crippen molar-refractivity contribution < 1.29 is 28.6 Å². The summed E-state index contributed by atoms with van der Waals surface area (Å²) in [5.74, 6) is -0.459. The lowest BCUT2D eigenvalue weighted by Crippen LogP contribution is -2.41. The van der Waals surface area contributed by atoms with Gasteiger partial charge in [-0.1, -0.05) is 0 Å². The maximum atomic E-state index is 12.8. The summed E-state index contributed by atoms with van der Waals surface area (Å²) in [6.07, 6.45) is 1.31. The summed E-state index contributed by atoms with van der Waals surface area (Å²) < 4.78 is 15.5. The van der Waals surface area contributed by atoms with Gasteiger partial charge in [-0.25, -0.2) is 4.79 Å². The van der Waals surface area contributed by atoms with Gasteiger partial charge in [-0.15, -0.1) is 0 Å². The SMILES string of the molecule is CCOC(=O)c1[nH]c2ccc(OC)cc2c1NC(=O)CN1CCC(C(=O)OCC)CC1. The predicted octanol–water partition coefficient (Wildman–Crippen LogP) is 2.57. The van der Waals surface area contributed by atoms with Crippen molar-refractivity contribution in [1.82, 2.24) is 9.88 Å². The number of hydrogen-bond donors (Lipinski definition) is 2. The first kappa shape index (κ1) is 22.6. The molecule has 0 radical (unpaired) electrons. The van der Waals surface area contributed by atoms with Crippen LogP contribution in [0, 0.1) is 5.92 Å². The van der Waals surface area contributed by atoms with Gasteiger partial charge < -0.3 is 24.5 Å². The molecule has 1 aliphatic heterocycles. The highest BCUT2D eigenvalue weighted by Gasteiger charge is 2.27. The molecule has 3 rings (SSSR count). The molecule has 0 saturated carbocycles. The number of ether oxygens (including phenoxy) is 3. The van der Waals surface area contributed by atoms with E-state index in [-0.39, 0.29) is 36.6 Å². The zero-order valence-electron chi connectivity index (χ0n) is 18.2. The van der Waals surface area contributed by atoms with Crippen molar-refractivity contribution in [2.24, 2.45) is 5.92 Å². The minimum absolute atomic E-state index is 0.115. The average Bonchev–Trinajstić information content (AvgIpc) is 3.12. The van der Waals surface area contributed by atoms with Gasteiger partial charge in [0.1, 0.15) is 11.4 Å². The zero-order chi connectivity index (χ0) is 22.4. The molecule has 2 heterocycles. The monoisotopic (exact) mass is 431 g/mol. The Balaban J connectivity index is 1.71. The molecule has 1 saturated heterocycles. The number of amides is 1. The van der Waals surface area contributed by atoms with Gasteiger partial charge in [0.15, 0.2) is 0 Å². The first-order valence-corrected chi connectivity index (χ1v) is 10.5. The van der Waals surface area contributed by atoms with Crippen LogP contribution in [0.3, 0.4) is 0 Å². The second-order valence-electron chi connectivity index (χ2n) is 7.36. The lowest BCUT2D eigenvalue weighted by atomic mass is 9.97. The van der Waals surface area contributed by atoms with E-state index < -0.39 is 5.97 Å². The lowest BCUT2D eigenvalue weighted by molar-refractivity contribution is -0.149. The summed E-state index contributed by atoms with van der Waals surface area (Å²) in [5, 5.41) is 3.53. The number of rotatable bonds is 8. The molecule has 1 aromatic heterocycles. The molecule has 9 heteroatoms. The minimum Gasteiger partial charge on any atom is -0.497 e. The van der Waals surface area contributed by atoms with Crippen molar-refractivity contribution >= 4 is 34.4 Å². The van der Waals surface area contributed by atoms with E-state index in [4.69, 9.17) is 14.2 Å². The molecule has 2 aromatic rings. The van der Waals surface area contributed by atoms with Crippen LogP contribution < -0.4 is 10.1 Å². The summed E-state index contributed by atoms with van der Waals surface area (Å²) in [6.45, 7) is 5.53. The van der Waals surface area contributed by atoms with Gasteiger partial charge in [0.25, 0.3) is 0 Å². The van der Waals surface area contributed by atoms with Crippen molar-refractivity contribution in [3.8, 4) is 5.75 Å². The summed E-state index contributed by atoms with van der Waals surface area (Å²) in [4.78, 5) is 42.1. The van der Waals surface area contributed by atoms with E-state index in [0.717, 1.165) is 0 Å². The number of likely N-dealkylation sites (tertiary alicyclic amines) is 1. The molecule has 1 aromatic carbocycles. The van der Waals surface area contributed by atoms with Crippen molar-refractivity contribution in [2.45, 2.75) is 26.7 Å². The number of hydrogen-bond acceptors (Lipinski definition) is 7. The number of methoxy groups -OCH3 is 1. The predicted molar refractivity (Wildman–Crippen MR) is 115 cm³/mol. The molecule has 0 aliphatic carbocycles. The third-order valence-corrected chi connectivity index (χ3v) is 5.32. The fourth-order valence-corrected chi connectivity index (χ4v) is 3.75. The first-order chi connectivity index (χ1) is 15.0. The van der Waals surface area contributed by atoms with Gasteiger partial charge in [-0.2, -0.15) is 0 Å². The van der Waals surface area contributed by atoms with Crippen LogP contribution in [0.1, 0.15) is 37.2 Å². The number of nitrogens with one attached hydrogen (secondary N) is 2. The molecular formula is C22H29N3O6. The molecular weight excluding hydrogens is 402 g/mol. The topological polar surface area (TPSA) is 110 Å². The van der Waals surface area contributed by atoms with Gasteiger partial charge in [0, 0.05) is 10.9 Å². The number of fused-ring (bicyclic) bond motifs is 1. The molecule has 0 atom stereocenters. The summed E-state index contributed by atoms with van der Waals surface area (Å²) in [6, 6.07) is 5.31. The Labute approximate surface area is 181 Å². The van der Waals surface area contributed by atoms with E-state index in [1.54, 1.807) is 39.2 Å². The number of piperidine rings is 1. The molecule has 0 unspecified atom stereocenters. The number of anilines is 1. The highest BCUT2D eigenvalue weighted by atomic mass is 16.5. The van der Waals surface area contributed by atoms with Crippen LogP contribution in [0.15, 0.2) is 18.2 Å². The maximum absolute atomic E-state index is 12.8. The Morgan fingerprint density at radius 1 is 1.13 bits per heavy atom. The van der Waals surface area contributed by atoms with E-state index in [1.165, 1.54) is 0 Å². The summed E-state index contributed by atoms with van der Waals surface area (Å²) in [7, 11) is 1.55. The van der Waals surface area contributed by atoms with Crippen LogP contribution in [0.5, 0.6) is 5.75 Å². The van der Waals surface area contributed by atoms with Gasteiger partial charge in [-0.3, -0.25) is 14.5 Å². The Kier molecular flexibility index (Phi) is 7.51. The van der Waals surface area contributed by atoms with E-state index in [9.17, 15) is 14.4 Å². The smallest absolute Gasteiger partial charge is 0.356 e. The Hall–Kier alpha value is -3.07. The Morgan fingerprint density at radius 3 is 2.48 bits per heavy atom. The number of esters is 2. The lowest BCUT2D eigenvalue weighted by Gasteiger charge is -2.30. The van der Waals surface area contributed by atoms with Gasteiger partial charge >= 0.3 is 11.9 Å². The number of H-pyrrole nitrogens is 1. The summed E-state index contributed by atoms with van der Waals surface area (Å²) >= 11 is 0. The second kappa shape index (κ2) is 10.3. The van der Waals surface area contributed by atoms with Crippen LogP contribution in [-0.2, 0) is 19.1 Å². The molecule has 0 bridgehead atoms. The zero-order valence-corrected chi connectivity index (χ0v) is 18.2. The standard InChI is InChI=1S/C22H29N3O6/c1-4-30-21(27)14-8-10-25(11-9-14)13-18(26)24-19-16-12-15(29-3)6-7-17(16)23-20(19)22(28)31-5-2/h6-7,12,14,23H,4-5,8-11,13H2,1-3H3,(H,24,26).